The molecule has 22 heavy (non-hydrogen) atoms. The van der Waals surface area contributed by atoms with Crippen LogP contribution in [0.1, 0.15) is 37.0 Å². The molecular weight excluding hydrogens is 308 g/mol. The fourth-order valence-corrected chi connectivity index (χ4v) is 2.68. The second-order valence-corrected chi connectivity index (χ2v) is 6.96. The van der Waals surface area contributed by atoms with Crippen molar-refractivity contribution in [3.05, 3.63) is 29.8 Å². The fraction of sp³-hybridized carbons (Fsp3) is 0.429. The molecule has 0 aliphatic heterocycles. The zero-order valence-corrected chi connectivity index (χ0v) is 13.5. The number of carboxylic acids is 1. The third kappa shape index (κ3) is 4.05. The standard InChI is InChI=1S/C14H20N2O5S/c1-4-9-14(2,13(18)19)16-12(17)10-5-7-11(8-6-10)22(20,21)15-3/h5-8,15H,4,9H2,1-3H3,(H,16,17)(H,18,19). The molecule has 3 N–H and O–H groups in total. The summed E-state index contributed by atoms with van der Waals surface area (Å²) in [4.78, 5) is 23.5. The summed E-state index contributed by atoms with van der Waals surface area (Å²) in [7, 11) is -2.28. The van der Waals surface area contributed by atoms with Crippen LogP contribution in [0.4, 0.5) is 0 Å². The van der Waals surface area contributed by atoms with Crippen molar-refractivity contribution in [3.63, 3.8) is 0 Å². The topological polar surface area (TPSA) is 113 Å². The number of hydrogen-bond donors (Lipinski definition) is 3. The number of rotatable bonds is 7. The van der Waals surface area contributed by atoms with Crippen molar-refractivity contribution in [3.8, 4) is 0 Å². The number of nitrogens with one attached hydrogen (secondary N) is 2. The van der Waals surface area contributed by atoms with Gasteiger partial charge in [0.05, 0.1) is 4.90 Å². The van der Waals surface area contributed by atoms with Gasteiger partial charge in [0.15, 0.2) is 0 Å². The lowest BCUT2D eigenvalue weighted by Gasteiger charge is -2.25. The summed E-state index contributed by atoms with van der Waals surface area (Å²) >= 11 is 0. The highest BCUT2D eigenvalue weighted by atomic mass is 32.2. The second kappa shape index (κ2) is 6.89. The van der Waals surface area contributed by atoms with E-state index < -0.39 is 27.4 Å². The highest BCUT2D eigenvalue weighted by molar-refractivity contribution is 7.89. The number of carbonyl (C=O) groups is 2. The van der Waals surface area contributed by atoms with Gasteiger partial charge in [0, 0.05) is 5.56 Å². The molecule has 0 heterocycles. The predicted molar refractivity (Wildman–Crippen MR) is 81.1 cm³/mol. The minimum atomic E-state index is -3.57. The quantitative estimate of drug-likeness (QED) is 0.690. The Kier molecular flexibility index (Phi) is 5.67. The second-order valence-electron chi connectivity index (χ2n) is 5.07. The largest absolute Gasteiger partial charge is 0.480 e. The summed E-state index contributed by atoms with van der Waals surface area (Å²) in [6.07, 6.45) is 0.892. The SMILES string of the molecule is CCCC(C)(NC(=O)c1ccc(S(=O)(=O)NC)cc1)C(=O)O. The van der Waals surface area contributed by atoms with Crippen LogP contribution in [0.15, 0.2) is 29.2 Å². The van der Waals surface area contributed by atoms with Crippen molar-refractivity contribution in [2.24, 2.45) is 0 Å². The monoisotopic (exact) mass is 328 g/mol. The first-order valence-corrected chi connectivity index (χ1v) is 8.24. The molecule has 8 heteroatoms. The van der Waals surface area contributed by atoms with Crippen molar-refractivity contribution in [1.29, 1.82) is 0 Å². The molecular formula is C14H20N2O5S. The molecule has 0 saturated heterocycles. The van der Waals surface area contributed by atoms with Gasteiger partial charge in [-0.2, -0.15) is 0 Å². The van der Waals surface area contributed by atoms with Crippen LogP contribution in [0.3, 0.4) is 0 Å². The Morgan fingerprint density at radius 1 is 1.23 bits per heavy atom. The lowest BCUT2D eigenvalue weighted by Crippen LogP contribution is -2.52. The molecule has 1 unspecified atom stereocenters. The highest BCUT2D eigenvalue weighted by Gasteiger charge is 2.34. The average molecular weight is 328 g/mol. The number of carboxylic acid groups (broad SMARTS) is 1. The van der Waals surface area contributed by atoms with E-state index in [1.807, 2.05) is 6.92 Å². The Morgan fingerprint density at radius 3 is 2.18 bits per heavy atom. The molecule has 0 spiro atoms. The maximum atomic E-state index is 12.1. The summed E-state index contributed by atoms with van der Waals surface area (Å²) in [6, 6.07) is 5.26. The molecule has 0 bridgehead atoms. The van der Waals surface area contributed by atoms with Crippen LogP contribution < -0.4 is 10.0 Å². The first kappa shape index (κ1) is 18.1. The molecule has 1 atom stereocenters. The molecule has 122 valence electrons. The summed E-state index contributed by atoms with van der Waals surface area (Å²) in [5, 5.41) is 11.7. The number of sulfonamides is 1. The van der Waals surface area contributed by atoms with Gasteiger partial charge in [-0.15, -0.1) is 0 Å². The van der Waals surface area contributed by atoms with Crippen LogP contribution in [0, 0.1) is 0 Å². The fourth-order valence-electron chi connectivity index (χ4n) is 1.95. The average Bonchev–Trinajstić information content (AvgIpc) is 2.47. The molecule has 0 fully saturated rings. The van der Waals surface area contributed by atoms with E-state index in [2.05, 4.69) is 10.0 Å². The van der Waals surface area contributed by atoms with Crippen LogP contribution in [-0.2, 0) is 14.8 Å². The number of amides is 1. The summed E-state index contributed by atoms with van der Waals surface area (Å²) in [6.45, 7) is 3.27. The van der Waals surface area contributed by atoms with Gasteiger partial charge in [0.1, 0.15) is 5.54 Å². The highest BCUT2D eigenvalue weighted by Crippen LogP contribution is 2.15. The van der Waals surface area contributed by atoms with Gasteiger partial charge < -0.3 is 10.4 Å². The van der Waals surface area contributed by atoms with Gasteiger partial charge in [-0.1, -0.05) is 13.3 Å². The molecule has 1 aromatic carbocycles. The molecule has 0 aliphatic carbocycles. The van der Waals surface area contributed by atoms with Gasteiger partial charge in [-0.25, -0.2) is 17.9 Å². The van der Waals surface area contributed by atoms with Crippen LogP contribution >= 0.6 is 0 Å². The summed E-state index contributed by atoms with van der Waals surface area (Å²) in [5.41, 5.74) is -1.17. The molecule has 1 amide bonds. The van der Waals surface area contributed by atoms with Gasteiger partial charge in [-0.05, 0) is 44.7 Å². The number of aliphatic carboxylic acids is 1. The molecule has 0 aromatic heterocycles. The van der Waals surface area contributed by atoms with E-state index in [1.165, 1.54) is 38.2 Å². The van der Waals surface area contributed by atoms with Crippen LogP contribution in [0.2, 0.25) is 0 Å². The number of hydrogen-bond acceptors (Lipinski definition) is 4. The van der Waals surface area contributed by atoms with Crippen molar-refractivity contribution in [1.82, 2.24) is 10.0 Å². The Labute approximate surface area is 129 Å². The summed E-state index contributed by atoms with van der Waals surface area (Å²) < 4.78 is 25.4. The van der Waals surface area contributed by atoms with Gasteiger partial charge in [-0.3, -0.25) is 4.79 Å². The third-order valence-electron chi connectivity index (χ3n) is 3.31. The number of benzene rings is 1. The molecule has 1 rings (SSSR count). The Morgan fingerprint density at radius 2 is 1.77 bits per heavy atom. The van der Waals surface area contributed by atoms with E-state index in [-0.39, 0.29) is 10.5 Å². The minimum Gasteiger partial charge on any atom is -0.480 e. The van der Waals surface area contributed by atoms with Crippen molar-refractivity contribution in [2.45, 2.75) is 37.1 Å². The third-order valence-corrected chi connectivity index (χ3v) is 4.74. The van der Waals surface area contributed by atoms with E-state index >= 15 is 0 Å². The zero-order chi connectivity index (χ0) is 17.0. The van der Waals surface area contributed by atoms with Gasteiger partial charge in [0.2, 0.25) is 10.0 Å². The van der Waals surface area contributed by atoms with Crippen molar-refractivity contribution < 1.29 is 23.1 Å². The van der Waals surface area contributed by atoms with Crippen LogP contribution in [0.5, 0.6) is 0 Å². The molecule has 0 aliphatic rings. The van der Waals surface area contributed by atoms with E-state index in [4.69, 9.17) is 0 Å². The lowest BCUT2D eigenvalue weighted by atomic mass is 9.96. The van der Waals surface area contributed by atoms with E-state index in [0.29, 0.717) is 12.8 Å². The molecule has 7 nitrogen and oxygen atoms in total. The van der Waals surface area contributed by atoms with E-state index in [9.17, 15) is 23.1 Å². The minimum absolute atomic E-state index is 0.0288. The number of carbonyl (C=O) groups excluding carboxylic acids is 1. The molecule has 1 aromatic rings. The van der Waals surface area contributed by atoms with E-state index in [0.717, 1.165) is 0 Å². The van der Waals surface area contributed by atoms with Gasteiger partial charge in [0.25, 0.3) is 5.91 Å². The summed E-state index contributed by atoms with van der Waals surface area (Å²) in [5.74, 6) is -1.68. The Bertz CT molecular complexity index is 654. The van der Waals surface area contributed by atoms with Crippen LogP contribution in [0.25, 0.3) is 0 Å². The first-order chi connectivity index (χ1) is 10.2. The predicted octanol–water partition coefficient (Wildman–Crippen LogP) is 0.968. The van der Waals surface area contributed by atoms with Gasteiger partial charge >= 0.3 is 5.97 Å². The first-order valence-electron chi connectivity index (χ1n) is 6.76. The molecule has 0 radical (unpaired) electrons. The Balaban J connectivity index is 2.97. The maximum absolute atomic E-state index is 12.1. The smallest absolute Gasteiger partial charge is 0.329 e. The lowest BCUT2D eigenvalue weighted by molar-refractivity contribution is -0.144. The van der Waals surface area contributed by atoms with E-state index in [1.54, 1.807) is 0 Å². The van der Waals surface area contributed by atoms with Crippen molar-refractivity contribution >= 4 is 21.9 Å². The normalized spacial score (nSPS) is 14.1. The zero-order valence-electron chi connectivity index (χ0n) is 12.7. The Hall–Kier alpha value is -1.93. The van der Waals surface area contributed by atoms with Crippen LogP contribution in [-0.4, -0.2) is 38.0 Å². The maximum Gasteiger partial charge on any atom is 0.329 e. The van der Waals surface area contributed by atoms with Crippen molar-refractivity contribution in [2.75, 3.05) is 7.05 Å². The molecule has 0 saturated carbocycles.